The van der Waals surface area contributed by atoms with E-state index in [9.17, 15) is 14.0 Å². The second-order valence-electron chi connectivity index (χ2n) is 8.37. The monoisotopic (exact) mass is 555 g/mol. The Labute approximate surface area is 211 Å². The summed E-state index contributed by atoms with van der Waals surface area (Å²) in [5.74, 6) is -4.40. The number of hydrogen-bond donors (Lipinski definition) is 1. The third kappa shape index (κ3) is 4.17. The predicted octanol–water partition coefficient (Wildman–Crippen LogP) is 6.14. The molecule has 6 nitrogen and oxygen atoms in total. The van der Waals surface area contributed by atoms with Crippen molar-refractivity contribution in [2.24, 2.45) is 11.1 Å². The number of rotatable bonds is 6. The van der Waals surface area contributed by atoms with Gasteiger partial charge in [0.1, 0.15) is 17.0 Å². The van der Waals surface area contributed by atoms with Gasteiger partial charge in [0.05, 0.1) is 11.2 Å². The van der Waals surface area contributed by atoms with Crippen LogP contribution in [0.5, 0.6) is 11.5 Å². The van der Waals surface area contributed by atoms with Crippen molar-refractivity contribution in [2.45, 2.75) is 12.8 Å². The summed E-state index contributed by atoms with van der Waals surface area (Å²) < 4.78 is 50.7. The quantitative estimate of drug-likeness (QED) is 0.290. The number of primary amides is 1. The average molecular weight is 556 g/mol. The Morgan fingerprint density at radius 3 is 2.33 bits per heavy atom. The van der Waals surface area contributed by atoms with Crippen LogP contribution >= 0.6 is 15.9 Å². The van der Waals surface area contributed by atoms with E-state index in [0.717, 1.165) is 33.6 Å². The molecule has 0 aliphatic heterocycles. The summed E-state index contributed by atoms with van der Waals surface area (Å²) >= 11 is 3.36. The second-order valence-corrected chi connectivity index (χ2v) is 9.29. The number of nitrogens with two attached hydrogens (primary N) is 1. The first kappa shape index (κ1) is 23.8. The topological polar surface area (TPSA) is 85.5 Å². The minimum Gasteiger partial charge on any atom is -0.453 e. The van der Waals surface area contributed by atoms with E-state index in [-0.39, 0.29) is 24.3 Å². The van der Waals surface area contributed by atoms with Crippen molar-refractivity contribution < 1.29 is 27.5 Å². The lowest BCUT2D eigenvalue weighted by molar-refractivity contribution is -0.133. The zero-order chi connectivity index (χ0) is 25.6. The molecular weight excluding hydrogens is 539 g/mol. The van der Waals surface area contributed by atoms with E-state index in [1.807, 2.05) is 0 Å². The number of carbonyl (C=O) groups excluding carboxylic acids is 2. The molecular formula is C26H17BrF3N3O3. The maximum absolute atomic E-state index is 15.4. The molecule has 0 atom stereocenters. The van der Waals surface area contributed by atoms with E-state index in [1.165, 1.54) is 24.4 Å². The van der Waals surface area contributed by atoms with Crippen molar-refractivity contribution in [3.63, 3.8) is 0 Å². The summed E-state index contributed by atoms with van der Waals surface area (Å²) in [4.78, 5) is 30.5. The van der Waals surface area contributed by atoms with Gasteiger partial charge in [-0.2, -0.15) is 0 Å². The highest BCUT2D eigenvalue weighted by Gasteiger charge is 2.57. The van der Waals surface area contributed by atoms with Gasteiger partial charge in [-0.05, 0) is 61.4 Å². The van der Waals surface area contributed by atoms with Gasteiger partial charge in [0.25, 0.3) is 0 Å². The van der Waals surface area contributed by atoms with Crippen LogP contribution in [0.2, 0.25) is 0 Å². The van der Waals surface area contributed by atoms with Gasteiger partial charge < -0.3 is 10.5 Å². The Morgan fingerprint density at radius 1 is 0.944 bits per heavy atom. The van der Waals surface area contributed by atoms with Gasteiger partial charge in [0.2, 0.25) is 11.8 Å². The third-order valence-corrected chi connectivity index (χ3v) is 6.54. The molecule has 0 spiro atoms. The van der Waals surface area contributed by atoms with E-state index in [2.05, 4.69) is 20.9 Å². The molecule has 10 heteroatoms. The Hall–Kier alpha value is -3.92. The molecule has 2 amide bonds. The number of amides is 2. The van der Waals surface area contributed by atoms with Crippen molar-refractivity contribution in [3.05, 3.63) is 88.8 Å². The minimum absolute atomic E-state index is 0.0478. The fourth-order valence-corrected chi connectivity index (χ4v) is 4.28. The van der Waals surface area contributed by atoms with E-state index in [4.69, 9.17) is 10.5 Å². The van der Waals surface area contributed by atoms with Crippen molar-refractivity contribution in [1.29, 1.82) is 0 Å². The van der Waals surface area contributed by atoms with Crippen LogP contribution in [0.15, 0.2) is 71.3 Å². The van der Waals surface area contributed by atoms with Crippen LogP contribution in [0.4, 0.5) is 24.5 Å². The highest BCUT2D eigenvalue weighted by Crippen LogP contribution is 2.49. The van der Waals surface area contributed by atoms with Gasteiger partial charge in [0.15, 0.2) is 17.4 Å². The zero-order valence-electron chi connectivity index (χ0n) is 18.5. The lowest BCUT2D eigenvalue weighted by Crippen LogP contribution is -2.41. The standard InChI is InChI=1S/C26H17BrF3N3O3/c27-14-1-6-17-20(11-14)32-10-7-22(17)36-23-13-18(29)21(12-19(23)30)33(16-4-2-15(28)3-5-16)25(35)26(8-9-26)24(31)34/h1-7,10-13H,8-9H2,(H2,31,34). The molecule has 0 bridgehead atoms. The summed E-state index contributed by atoms with van der Waals surface area (Å²) in [5, 5.41) is 0.574. The van der Waals surface area contributed by atoms with Crippen LogP contribution in [0.1, 0.15) is 12.8 Å². The summed E-state index contributed by atoms with van der Waals surface area (Å²) in [7, 11) is 0. The van der Waals surface area contributed by atoms with Crippen LogP contribution in [0.3, 0.4) is 0 Å². The van der Waals surface area contributed by atoms with E-state index in [1.54, 1.807) is 18.2 Å². The van der Waals surface area contributed by atoms with Crippen molar-refractivity contribution in [2.75, 3.05) is 4.90 Å². The smallest absolute Gasteiger partial charge is 0.247 e. The molecule has 2 N–H and O–H groups in total. The van der Waals surface area contributed by atoms with Crippen LogP contribution < -0.4 is 15.4 Å². The number of halogens is 4. The van der Waals surface area contributed by atoms with Crippen LogP contribution in [0, 0.1) is 22.9 Å². The van der Waals surface area contributed by atoms with Crippen molar-refractivity contribution in [1.82, 2.24) is 4.98 Å². The van der Waals surface area contributed by atoms with Gasteiger partial charge in [-0.1, -0.05) is 15.9 Å². The molecule has 0 radical (unpaired) electrons. The maximum Gasteiger partial charge on any atom is 0.247 e. The lowest BCUT2D eigenvalue weighted by atomic mass is 10.0. The number of hydrogen-bond acceptors (Lipinski definition) is 4. The van der Waals surface area contributed by atoms with Gasteiger partial charge in [-0.25, -0.2) is 13.2 Å². The minimum atomic E-state index is -1.53. The molecule has 1 fully saturated rings. The molecule has 1 aromatic heterocycles. The Kier molecular flexibility index (Phi) is 5.91. The number of nitrogens with zero attached hydrogens (tertiary/aromatic N) is 2. The van der Waals surface area contributed by atoms with Gasteiger partial charge in [-0.15, -0.1) is 0 Å². The molecule has 36 heavy (non-hydrogen) atoms. The predicted molar refractivity (Wildman–Crippen MR) is 130 cm³/mol. The van der Waals surface area contributed by atoms with Gasteiger partial charge in [0, 0.05) is 33.9 Å². The number of anilines is 2. The fraction of sp³-hybridized carbons (Fsp3) is 0.115. The van der Waals surface area contributed by atoms with Crippen LogP contribution in [-0.4, -0.2) is 16.8 Å². The summed E-state index contributed by atoms with van der Waals surface area (Å²) in [6, 6.07) is 12.9. The molecule has 1 aliphatic rings. The number of ether oxygens (including phenoxy) is 1. The molecule has 0 unspecified atom stereocenters. The lowest BCUT2D eigenvalue weighted by Gasteiger charge is -2.27. The molecule has 4 aromatic rings. The molecule has 1 heterocycles. The fourth-order valence-electron chi connectivity index (χ4n) is 3.93. The molecule has 3 aromatic carbocycles. The normalized spacial score (nSPS) is 13.9. The van der Waals surface area contributed by atoms with Crippen molar-refractivity contribution in [3.8, 4) is 11.5 Å². The molecule has 1 saturated carbocycles. The van der Waals surface area contributed by atoms with Crippen molar-refractivity contribution >= 4 is 50.0 Å². The Morgan fingerprint density at radius 2 is 1.67 bits per heavy atom. The number of benzene rings is 3. The summed E-state index contributed by atoms with van der Waals surface area (Å²) in [6.45, 7) is 0. The molecule has 1 aliphatic carbocycles. The summed E-state index contributed by atoms with van der Waals surface area (Å²) in [5.41, 5.74) is 4.07. The van der Waals surface area contributed by atoms with Crippen LogP contribution in [0.25, 0.3) is 10.9 Å². The second kappa shape index (κ2) is 8.94. The van der Waals surface area contributed by atoms with Gasteiger partial charge in [-0.3, -0.25) is 19.5 Å². The highest BCUT2D eigenvalue weighted by atomic mass is 79.9. The third-order valence-electron chi connectivity index (χ3n) is 6.05. The first-order chi connectivity index (χ1) is 17.2. The highest BCUT2D eigenvalue weighted by molar-refractivity contribution is 9.10. The largest absolute Gasteiger partial charge is 0.453 e. The Bertz CT molecular complexity index is 1520. The number of carbonyl (C=O) groups is 2. The number of pyridine rings is 1. The van der Waals surface area contributed by atoms with Gasteiger partial charge >= 0.3 is 0 Å². The van der Waals surface area contributed by atoms with E-state index in [0.29, 0.717) is 10.9 Å². The number of fused-ring (bicyclic) bond motifs is 1. The molecule has 0 saturated heterocycles. The first-order valence-electron chi connectivity index (χ1n) is 10.8. The molecule has 182 valence electrons. The van der Waals surface area contributed by atoms with Crippen LogP contribution in [-0.2, 0) is 9.59 Å². The Balaban J connectivity index is 1.57. The summed E-state index contributed by atoms with van der Waals surface area (Å²) in [6.07, 6.45) is 1.82. The number of aromatic nitrogens is 1. The molecule has 5 rings (SSSR count). The zero-order valence-corrected chi connectivity index (χ0v) is 20.1. The first-order valence-corrected chi connectivity index (χ1v) is 11.6. The van der Waals surface area contributed by atoms with E-state index < -0.39 is 46.1 Å². The average Bonchev–Trinajstić information content (AvgIpc) is 3.66. The SMILES string of the molecule is NC(=O)C1(C(=O)N(c2ccc(F)cc2)c2cc(F)c(Oc3ccnc4cc(Br)ccc34)cc2F)CC1. The maximum atomic E-state index is 15.4. The van der Waals surface area contributed by atoms with E-state index >= 15 is 8.78 Å².